The summed E-state index contributed by atoms with van der Waals surface area (Å²) >= 11 is 3.53. The van der Waals surface area contributed by atoms with Gasteiger partial charge in [0.15, 0.2) is 0 Å². The molecule has 1 unspecified atom stereocenters. The molecule has 0 heterocycles. The maximum absolute atomic E-state index is 5.89. The summed E-state index contributed by atoms with van der Waals surface area (Å²) in [4.78, 5) is 0. The number of rotatable bonds is 1. The Morgan fingerprint density at radius 2 is 2.29 bits per heavy atom. The van der Waals surface area contributed by atoms with Crippen molar-refractivity contribution in [2.24, 2.45) is 5.73 Å². The zero-order chi connectivity index (χ0) is 10.2. The quantitative estimate of drug-likeness (QED) is 0.819. The monoisotopic (exact) mass is 253 g/mol. The SMILES string of the molecule is CC1(CN)CCCc2ccc(Br)cc21. The van der Waals surface area contributed by atoms with Crippen LogP contribution in [0.1, 0.15) is 30.9 Å². The van der Waals surface area contributed by atoms with Crippen molar-refractivity contribution in [2.45, 2.75) is 31.6 Å². The molecule has 1 atom stereocenters. The van der Waals surface area contributed by atoms with Crippen LogP contribution in [-0.4, -0.2) is 6.54 Å². The van der Waals surface area contributed by atoms with E-state index in [1.165, 1.54) is 30.4 Å². The van der Waals surface area contributed by atoms with E-state index in [1.807, 2.05) is 0 Å². The van der Waals surface area contributed by atoms with Gasteiger partial charge in [-0.25, -0.2) is 0 Å². The van der Waals surface area contributed by atoms with Crippen molar-refractivity contribution >= 4 is 15.9 Å². The lowest BCUT2D eigenvalue weighted by Crippen LogP contribution is -2.35. The fraction of sp³-hybridized carbons (Fsp3) is 0.500. The van der Waals surface area contributed by atoms with Crippen LogP contribution in [0.2, 0.25) is 0 Å². The minimum Gasteiger partial charge on any atom is -0.330 e. The first kappa shape index (κ1) is 10.2. The molecule has 0 fully saturated rings. The Balaban J connectivity index is 2.52. The van der Waals surface area contributed by atoms with Crippen LogP contribution in [0.5, 0.6) is 0 Å². The molecule has 2 heteroatoms. The van der Waals surface area contributed by atoms with Gasteiger partial charge in [-0.3, -0.25) is 0 Å². The fourth-order valence-electron chi connectivity index (χ4n) is 2.34. The van der Waals surface area contributed by atoms with E-state index in [9.17, 15) is 0 Å². The van der Waals surface area contributed by atoms with E-state index >= 15 is 0 Å². The molecule has 1 aliphatic rings. The first-order valence-corrected chi connectivity index (χ1v) is 5.94. The van der Waals surface area contributed by atoms with Crippen LogP contribution in [0.15, 0.2) is 22.7 Å². The van der Waals surface area contributed by atoms with Crippen molar-refractivity contribution in [1.82, 2.24) is 0 Å². The number of benzene rings is 1. The molecule has 2 rings (SSSR count). The Morgan fingerprint density at radius 1 is 1.50 bits per heavy atom. The van der Waals surface area contributed by atoms with Gasteiger partial charge in [0.2, 0.25) is 0 Å². The molecular formula is C12H16BrN. The molecule has 1 aromatic carbocycles. The van der Waals surface area contributed by atoms with E-state index in [1.54, 1.807) is 0 Å². The van der Waals surface area contributed by atoms with Gasteiger partial charge < -0.3 is 5.73 Å². The summed E-state index contributed by atoms with van der Waals surface area (Å²) in [5.74, 6) is 0. The van der Waals surface area contributed by atoms with Gasteiger partial charge in [-0.1, -0.05) is 28.9 Å². The fourth-order valence-corrected chi connectivity index (χ4v) is 2.71. The molecule has 14 heavy (non-hydrogen) atoms. The van der Waals surface area contributed by atoms with Crippen LogP contribution < -0.4 is 5.73 Å². The van der Waals surface area contributed by atoms with Crippen molar-refractivity contribution in [2.75, 3.05) is 6.54 Å². The molecule has 0 spiro atoms. The van der Waals surface area contributed by atoms with Crippen molar-refractivity contribution in [1.29, 1.82) is 0 Å². The van der Waals surface area contributed by atoms with E-state index in [0.717, 1.165) is 11.0 Å². The standard InChI is InChI=1S/C12H16BrN/c1-12(8-14)6-2-3-9-4-5-10(13)7-11(9)12/h4-5,7H,2-3,6,8,14H2,1H3. The van der Waals surface area contributed by atoms with Gasteiger partial charge in [0.05, 0.1) is 0 Å². The third-order valence-corrected chi connectivity index (χ3v) is 3.84. The number of aryl methyl sites for hydroxylation is 1. The zero-order valence-corrected chi connectivity index (χ0v) is 10.1. The van der Waals surface area contributed by atoms with Crippen LogP contribution in [0.4, 0.5) is 0 Å². The molecule has 76 valence electrons. The lowest BCUT2D eigenvalue weighted by Gasteiger charge is -2.35. The van der Waals surface area contributed by atoms with Gasteiger partial charge >= 0.3 is 0 Å². The molecule has 0 radical (unpaired) electrons. The highest BCUT2D eigenvalue weighted by molar-refractivity contribution is 9.10. The van der Waals surface area contributed by atoms with Crippen LogP contribution >= 0.6 is 15.9 Å². The predicted octanol–water partition coefficient (Wildman–Crippen LogP) is 3.00. The maximum atomic E-state index is 5.89. The Morgan fingerprint density at radius 3 is 3.00 bits per heavy atom. The topological polar surface area (TPSA) is 26.0 Å². The molecule has 0 amide bonds. The average Bonchev–Trinajstić information content (AvgIpc) is 2.20. The molecule has 1 aliphatic carbocycles. The summed E-state index contributed by atoms with van der Waals surface area (Å²) < 4.78 is 1.16. The van der Waals surface area contributed by atoms with Crippen LogP contribution in [-0.2, 0) is 11.8 Å². The van der Waals surface area contributed by atoms with E-state index in [4.69, 9.17) is 5.73 Å². The summed E-state index contributed by atoms with van der Waals surface area (Å²) in [6.07, 6.45) is 3.69. The molecule has 0 saturated heterocycles. The lowest BCUT2D eigenvalue weighted by molar-refractivity contribution is 0.404. The van der Waals surface area contributed by atoms with Gasteiger partial charge in [0.1, 0.15) is 0 Å². The number of nitrogens with two attached hydrogens (primary N) is 1. The van der Waals surface area contributed by atoms with Crippen LogP contribution in [0.25, 0.3) is 0 Å². The van der Waals surface area contributed by atoms with E-state index in [2.05, 4.69) is 41.1 Å². The summed E-state index contributed by atoms with van der Waals surface area (Å²) in [6.45, 7) is 3.02. The smallest absolute Gasteiger partial charge is 0.0178 e. The van der Waals surface area contributed by atoms with E-state index in [0.29, 0.717) is 0 Å². The third kappa shape index (κ3) is 1.61. The molecule has 0 aliphatic heterocycles. The van der Waals surface area contributed by atoms with Gasteiger partial charge in [0, 0.05) is 16.4 Å². The van der Waals surface area contributed by atoms with Gasteiger partial charge in [-0.15, -0.1) is 0 Å². The molecule has 2 N–H and O–H groups in total. The molecule has 1 nitrogen and oxygen atoms in total. The largest absolute Gasteiger partial charge is 0.330 e. The van der Waals surface area contributed by atoms with Crippen molar-refractivity contribution in [3.63, 3.8) is 0 Å². The molecule has 0 saturated carbocycles. The normalized spacial score (nSPS) is 25.9. The highest BCUT2D eigenvalue weighted by Gasteiger charge is 2.30. The van der Waals surface area contributed by atoms with Gasteiger partial charge in [-0.2, -0.15) is 0 Å². The van der Waals surface area contributed by atoms with Crippen LogP contribution in [0, 0.1) is 0 Å². The first-order chi connectivity index (χ1) is 6.65. The number of hydrogen-bond acceptors (Lipinski definition) is 1. The highest BCUT2D eigenvalue weighted by atomic mass is 79.9. The second kappa shape index (κ2) is 3.67. The minimum atomic E-state index is 0.192. The van der Waals surface area contributed by atoms with Crippen molar-refractivity contribution in [3.8, 4) is 0 Å². The second-order valence-electron chi connectivity index (χ2n) is 4.42. The summed E-state index contributed by atoms with van der Waals surface area (Å²) in [7, 11) is 0. The summed E-state index contributed by atoms with van der Waals surface area (Å²) in [5.41, 5.74) is 9.00. The van der Waals surface area contributed by atoms with E-state index < -0.39 is 0 Å². The summed E-state index contributed by atoms with van der Waals surface area (Å²) in [5, 5.41) is 0. The number of hydrogen-bond donors (Lipinski definition) is 1. The summed E-state index contributed by atoms with van der Waals surface area (Å²) in [6, 6.07) is 6.59. The maximum Gasteiger partial charge on any atom is 0.0178 e. The Kier molecular flexibility index (Phi) is 2.67. The first-order valence-electron chi connectivity index (χ1n) is 5.15. The predicted molar refractivity (Wildman–Crippen MR) is 63.5 cm³/mol. The van der Waals surface area contributed by atoms with Crippen LogP contribution in [0.3, 0.4) is 0 Å². The van der Waals surface area contributed by atoms with E-state index in [-0.39, 0.29) is 5.41 Å². The Bertz CT molecular complexity index is 348. The third-order valence-electron chi connectivity index (χ3n) is 3.35. The Labute approximate surface area is 93.8 Å². The molecule has 0 aromatic heterocycles. The van der Waals surface area contributed by atoms with Gasteiger partial charge in [-0.05, 0) is 42.5 Å². The zero-order valence-electron chi connectivity index (χ0n) is 8.52. The van der Waals surface area contributed by atoms with Gasteiger partial charge in [0.25, 0.3) is 0 Å². The highest BCUT2D eigenvalue weighted by Crippen LogP contribution is 2.37. The lowest BCUT2D eigenvalue weighted by atomic mass is 9.71. The van der Waals surface area contributed by atoms with Crippen molar-refractivity contribution < 1.29 is 0 Å². The second-order valence-corrected chi connectivity index (χ2v) is 5.34. The molecule has 0 bridgehead atoms. The minimum absolute atomic E-state index is 0.192. The number of fused-ring (bicyclic) bond motifs is 1. The average molecular weight is 254 g/mol. The molecular weight excluding hydrogens is 238 g/mol. The molecule has 1 aromatic rings. The number of halogens is 1. The van der Waals surface area contributed by atoms with Crippen molar-refractivity contribution in [3.05, 3.63) is 33.8 Å². The Hall–Kier alpha value is -0.340.